The van der Waals surface area contributed by atoms with Crippen LogP contribution in [0.1, 0.15) is 50.3 Å². The molecule has 2 heterocycles. The zero-order chi connectivity index (χ0) is 31.8. The van der Waals surface area contributed by atoms with Crippen molar-refractivity contribution in [1.82, 2.24) is 25.2 Å². The number of carbonyl (C=O) groups excluding carboxylic acids is 1. The highest BCUT2D eigenvalue weighted by atomic mass is 35.5. The molecule has 9 N–H and O–H groups in total. The Morgan fingerprint density at radius 1 is 1.16 bits per heavy atom. The molecule has 13 heteroatoms. The number of nitrogens with zero attached hydrogens (tertiary/aromatic N) is 3. The molecule has 0 saturated heterocycles. The highest BCUT2D eigenvalue weighted by Crippen LogP contribution is 2.31. The van der Waals surface area contributed by atoms with Crippen LogP contribution < -0.4 is 33.5 Å². The lowest BCUT2D eigenvalue weighted by molar-refractivity contribution is -0.120. The van der Waals surface area contributed by atoms with E-state index in [0.717, 1.165) is 36.9 Å². The molecule has 0 aliphatic rings. The van der Waals surface area contributed by atoms with Crippen LogP contribution in [0.15, 0.2) is 58.4 Å². The van der Waals surface area contributed by atoms with E-state index in [0.29, 0.717) is 35.4 Å². The maximum Gasteiger partial charge on any atom is 0.354 e. The van der Waals surface area contributed by atoms with Gasteiger partial charge in [0.15, 0.2) is 11.8 Å². The molecule has 4 aromatic rings. The lowest BCUT2D eigenvalue weighted by Crippen LogP contribution is -2.36. The van der Waals surface area contributed by atoms with Crippen LogP contribution in [0, 0.1) is 5.82 Å². The number of halogens is 2. The smallest absolute Gasteiger partial charge is 0.354 e. The molecule has 0 radical (unpaired) electrons. The van der Waals surface area contributed by atoms with Gasteiger partial charge in [-0.3, -0.25) is 14.4 Å². The van der Waals surface area contributed by atoms with Crippen molar-refractivity contribution in [2.24, 2.45) is 22.2 Å². The molecule has 0 fully saturated rings. The van der Waals surface area contributed by atoms with E-state index in [9.17, 15) is 9.59 Å². The van der Waals surface area contributed by atoms with Gasteiger partial charge >= 0.3 is 5.69 Å². The number of aromatic nitrogens is 3. The summed E-state index contributed by atoms with van der Waals surface area (Å²) in [7, 11) is 0. The molecule has 234 valence electrons. The van der Waals surface area contributed by atoms with Gasteiger partial charge in [0.1, 0.15) is 5.65 Å². The number of carbonyl (C=O) groups is 1. The summed E-state index contributed by atoms with van der Waals surface area (Å²) in [5.41, 5.74) is 19.3. The first-order chi connectivity index (χ1) is 21.0. The Labute approximate surface area is 260 Å². The molecule has 0 aliphatic heterocycles. The molecule has 2 aromatic heterocycles. The van der Waals surface area contributed by atoms with Crippen LogP contribution >= 0.6 is 11.6 Å². The summed E-state index contributed by atoms with van der Waals surface area (Å²) in [6.07, 6.45) is 4.62. The summed E-state index contributed by atoms with van der Waals surface area (Å²) in [6, 6.07) is 12.8. The van der Waals surface area contributed by atoms with Gasteiger partial charge in [0.05, 0.1) is 22.9 Å². The molecule has 0 aliphatic carbocycles. The number of H-pyrrole nitrogens is 1. The van der Waals surface area contributed by atoms with Crippen LogP contribution in [0.5, 0.6) is 0 Å². The molecule has 0 unspecified atom stereocenters. The number of aryl methyl sites for hydroxylation is 1. The van der Waals surface area contributed by atoms with Gasteiger partial charge < -0.3 is 32.8 Å². The number of nitrogens with two attached hydrogens (primary N) is 3. The Morgan fingerprint density at radius 2 is 1.91 bits per heavy atom. The normalized spacial score (nSPS) is 12.7. The van der Waals surface area contributed by atoms with Crippen LogP contribution in [0.25, 0.3) is 28.0 Å². The van der Waals surface area contributed by atoms with Gasteiger partial charge in [-0.25, -0.2) is 9.18 Å². The van der Waals surface area contributed by atoms with E-state index in [2.05, 4.69) is 32.5 Å². The Morgan fingerprint density at radius 3 is 2.61 bits per heavy atom. The average molecular weight is 624 g/mol. The number of fused-ring (bicyclic) bond motifs is 1. The van der Waals surface area contributed by atoms with E-state index < -0.39 is 11.5 Å². The van der Waals surface area contributed by atoms with Crippen LogP contribution in [0.3, 0.4) is 0 Å². The van der Waals surface area contributed by atoms with E-state index in [1.54, 1.807) is 24.4 Å². The first-order valence-electron chi connectivity index (χ1n) is 14.5. The van der Waals surface area contributed by atoms with E-state index in [1.165, 1.54) is 4.57 Å². The zero-order valence-electron chi connectivity index (χ0n) is 24.9. The number of amides is 1. The number of nitrogens with one attached hydrogen (secondary N) is 3. The van der Waals surface area contributed by atoms with Crippen LogP contribution in [-0.2, 0) is 11.2 Å². The van der Waals surface area contributed by atoms with Crippen molar-refractivity contribution in [3.05, 3.63) is 81.1 Å². The number of hydrogen-bond donors (Lipinski definition) is 6. The summed E-state index contributed by atoms with van der Waals surface area (Å²) in [4.78, 5) is 35.7. The number of aliphatic imine (C=N–C) groups is 1. The van der Waals surface area contributed by atoms with Crippen molar-refractivity contribution in [2.75, 3.05) is 19.6 Å². The monoisotopic (exact) mass is 623 g/mol. The molecule has 2 atom stereocenters. The van der Waals surface area contributed by atoms with Crippen molar-refractivity contribution in [1.29, 1.82) is 0 Å². The molecular weight excluding hydrogens is 585 g/mol. The fourth-order valence-corrected chi connectivity index (χ4v) is 5.22. The maximum absolute atomic E-state index is 15.2. The molecule has 0 saturated carbocycles. The highest BCUT2D eigenvalue weighted by molar-refractivity contribution is 6.31. The Bertz CT molecular complexity index is 1680. The second-order valence-electron chi connectivity index (χ2n) is 10.8. The van der Waals surface area contributed by atoms with E-state index in [1.807, 2.05) is 31.2 Å². The van der Waals surface area contributed by atoms with Gasteiger partial charge in [0, 0.05) is 35.8 Å². The van der Waals surface area contributed by atoms with E-state index >= 15 is 4.39 Å². The van der Waals surface area contributed by atoms with Crippen LogP contribution in [0.4, 0.5) is 4.39 Å². The molecular formula is C31H39ClFN9O2. The third kappa shape index (κ3) is 8.43. The summed E-state index contributed by atoms with van der Waals surface area (Å²) < 4.78 is 16.6. The van der Waals surface area contributed by atoms with Crippen molar-refractivity contribution in [3.8, 4) is 16.9 Å². The maximum atomic E-state index is 15.2. The number of rotatable bonds is 14. The van der Waals surface area contributed by atoms with Crippen LogP contribution in [-0.4, -0.2) is 52.1 Å². The topological polar surface area (TPSA) is 182 Å². The predicted molar refractivity (Wildman–Crippen MR) is 173 cm³/mol. The highest BCUT2D eigenvalue weighted by Gasteiger charge is 2.16. The standard InChI is InChI=1S/C31H39ClFN9O2/c1-18(39-27(43)16-34)5-3-6-20-13-24(28(33)25(32)14-20)26-15-22-17-42(31(44)41-29(22)40-26)23-9-7-21(8-10-23)19(2)37-11-4-12-38-30(35)36/h7-10,13-15,17-19,37H,3-6,11-12,16,34H2,1-2H3,(H,39,43)(H4,35,36,38)(H,40,41,44)/t18-,19-/m0/s1. The molecule has 1 amide bonds. The van der Waals surface area contributed by atoms with Gasteiger partial charge in [0.2, 0.25) is 5.91 Å². The number of benzene rings is 2. The lowest BCUT2D eigenvalue weighted by atomic mass is 10.0. The van der Waals surface area contributed by atoms with Crippen molar-refractivity contribution >= 4 is 34.5 Å². The number of aromatic amines is 1. The van der Waals surface area contributed by atoms with E-state index in [-0.39, 0.29) is 41.1 Å². The predicted octanol–water partition coefficient (Wildman–Crippen LogP) is 3.27. The average Bonchev–Trinajstić information content (AvgIpc) is 3.40. The van der Waals surface area contributed by atoms with Gasteiger partial charge in [-0.1, -0.05) is 23.7 Å². The minimum Gasteiger partial charge on any atom is -0.370 e. The van der Waals surface area contributed by atoms with Gasteiger partial charge in [-0.15, -0.1) is 0 Å². The van der Waals surface area contributed by atoms with Gasteiger partial charge in [-0.05, 0) is 87.5 Å². The minimum absolute atomic E-state index is 0.00532. The minimum atomic E-state index is -0.560. The van der Waals surface area contributed by atoms with Crippen LogP contribution in [0.2, 0.25) is 5.02 Å². The first-order valence-corrected chi connectivity index (χ1v) is 14.9. The zero-order valence-corrected chi connectivity index (χ0v) is 25.6. The molecule has 2 aromatic carbocycles. The quantitative estimate of drug-likeness (QED) is 0.0707. The molecule has 44 heavy (non-hydrogen) atoms. The van der Waals surface area contributed by atoms with Crippen molar-refractivity contribution in [2.45, 2.75) is 51.6 Å². The van der Waals surface area contributed by atoms with Crippen molar-refractivity contribution in [3.63, 3.8) is 0 Å². The summed E-state index contributed by atoms with van der Waals surface area (Å²) in [5, 5.41) is 6.91. The Kier molecular flexibility index (Phi) is 11.1. The lowest BCUT2D eigenvalue weighted by Gasteiger charge is -2.15. The number of hydrogen-bond acceptors (Lipinski definition) is 6. The third-order valence-electron chi connectivity index (χ3n) is 7.33. The SMILES string of the molecule is C[C@H](NCCCN=C(N)N)c1ccc(-n2cc3cc(-c4cc(CCC[C@H](C)NC(=O)CN)cc(Cl)c4F)[nH]c3nc2=O)cc1. The Balaban J connectivity index is 1.49. The second kappa shape index (κ2) is 15.0. The fourth-order valence-electron chi connectivity index (χ4n) is 4.98. The molecule has 11 nitrogen and oxygen atoms in total. The summed E-state index contributed by atoms with van der Waals surface area (Å²) in [5.74, 6) is -0.676. The summed E-state index contributed by atoms with van der Waals surface area (Å²) >= 11 is 6.27. The summed E-state index contributed by atoms with van der Waals surface area (Å²) in [6.45, 7) is 5.22. The third-order valence-corrected chi connectivity index (χ3v) is 7.61. The molecule has 0 spiro atoms. The second-order valence-corrected chi connectivity index (χ2v) is 11.2. The van der Waals surface area contributed by atoms with Gasteiger partial charge in [-0.2, -0.15) is 4.98 Å². The Hall–Kier alpha value is -4.26. The molecule has 4 rings (SSSR count). The van der Waals surface area contributed by atoms with E-state index in [4.69, 9.17) is 28.8 Å². The fraction of sp³-hybridized carbons (Fsp3) is 0.355. The largest absolute Gasteiger partial charge is 0.370 e. The molecule has 0 bridgehead atoms. The van der Waals surface area contributed by atoms with Crippen molar-refractivity contribution < 1.29 is 9.18 Å². The van der Waals surface area contributed by atoms with Gasteiger partial charge in [0.25, 0.3) is 0 Å². The number of guanidine groups is 1. The first kappa shape index (κ1) is 32.6.